The van der Waals surface area contributed by atoms with Gasteiger partial charge in [-0.2, -0.15) is 4.72 Å². The highest BCUT2D eigenvalue weighted by Gasteiger charge is 2.30. The summed E-state index contributed by atoms with van der Waals surface area (Å²) in [6.45, 7) is 3.14. The second-order valence-electron chi connectivity index (χ2n) is 5.28. The fourth-order valence-electron chi connectivity index (χ4n) is 2.12. The lowest BCUT2D eigenvalue weighted by molar-refractivity contribution is -0.140. The molecule has 0 saturated heterocycles. The lowest BCUT2D eigenvalue weighted by atomic mass is 10.1. The number of carboxylic acid groups (broad SMARTS) is 1. The van der Waals surface area contributed by atoms with Crippen molar-refractivity contribution in [3.8, 4) is 0 Å². The highest BCUT2D eigenvalue weighted by molar-refractivity contribution is 7.89. The van der Waals surface area contributed by atoms with Gasteiger partial charge in [0, 0.05) is 5.39 Å². The van der Waals surface area contributed by atoms with Crippen molar-refractivity contribution in [3.05, 3.63) is 42.2 Å². The first-order valence-corrected chi connectivity index (χ1v) is 8.14. The normalized spacial score (nSPS) is 13.5. The van der Waals surface area contributed by atoms with Gasteiger partial charge in [0.2, 0.25) is 10.0 Å². The van der Waals surface area contributed by atoms with Crippen LogP contribution in [0, 0.1) is 11.7 Å². The lowest BCUT2D eigenvalue weighted by Gasteiger charge is -2.18. The van der Waals surface area contributed by atoms with Gasteiger partial charge in [-0.15, -0.1) is 0 Å². The smallest absolute Gasteiger partial charge is 0.322 e. The molecule has 7 heteroatoms. The summed E-state index contributed by atoms with van der Waals surface area (Å²) in [5.74, 6) is -2.67. The maximum atomic E-state index is 14.5. The molecule has 5 nitrogen and oxygen atoms in total. The molecule has 0 aliphatic rings. The van der Waals surface area contributed by atoms with E-state index in [9.17, 15) is 17.6 Å². The van der Waals surface area contributed by atoms with E-state index in [4.69, 9.17) is 5.11 Å². The van der Waals surface area contributed by atoms with Gasteiger partial charge in [0.05, 0.1) is 0 Å². The van der Waals surface area contributed by atoms with Gasteiger partial charge in [-0.3, -0.25) is 4.79 Å². The Labute approximate surface area is 127 Å². The first-order valence-electron chi connectivity index (χ1n) is 6.66. The third kappa shape index (κ3) is 3.10. The van der Waals surface area contributed by atoms with E-state index in [0.717, 1.165) is 6.07 Å². The van der Waals surface area contributed by atoms with E-state index in [-0.39, 0.29) is 5.39 Å². The summed E-state index contributed by atoms with van der Waals surface area (Å²) in [5.41, 5.74) is 0. The summed E-state index contributed by atoms with van der Waals surface area (Å²) in [5, 5.41) is 9.81. The Morgan fingerprint density at radius 2 is 1.82 bits per heavy atom. The maximum absolute atomic E-state index is 14.5. The van der Waals surface area contributed by atoms with Crippen LogP contribution < -0.4 is 4.72 Å². The van der Waals surface area contributed by atoms with Gasteiger partial charge in [0.1, 0.15) is 10.9 Å². The van der Waals surface area contributed by atoms with E-state index in [2.05, 4.69) is 0 Å². The van der Waals surface area contributed by atoms with Gasteiger partial charge in [-0.25, -0.2) is 12.8 Å². The van der Waals surface area contributed by atoms with E-state index in [0.29, 0.717) is 5.39 Å². The minimum absolute atomic E-state index is 0.168. The number of nitrogens with one attached hydrogen (secondary N) is 1. The largest absolute Gasteiger partial charge is 0.480 e. The standard InChI is InChI=1S/C15H16FNO4S/c1-9(2)14(15(18)19)17-22(20,21)12-8-7-10-5-3-4-6-11(10)13(12)16/h3-9,14,17H,1-2H3,(H,18,19)/t14-/m0/s1. The molecule has 0 aliphatic carbocycles. The fourth-order valence-corrected chi connectivity index (χ4v) is 3.55. The van der Waals surface area contributed by atoms with Crippen LogP contribution in [0.3, 0.4) is 0 Å². The van der Waals surface area contributed by atoms with E-state index in [1.165, 1.54) is 12.1 Å². The van der Waals surface area contributed by atoms with Crippen LogP contribution in [0.5, 0.6) is 0 Å². The molecule has 0 aromatic heterocycles. The van der Waals surface area contributed by atoms with Gasteiger partial charge in [0.25, 0.3) is 0 Å². The third-order valence-electron chi connectivity index (χ3n) is 3.33. The summed E-state index contributed by atoms with van der Waals surface area (Å²) in [6.07, 6.45) is 0. The minimum Gasteiger partial charge on any atom is -0.480 e. The van der Waals surface area contributed by atoms with Gasteiger partial charge in [-0.05, 0) is 17.4 Å². The lowest BCUT2D eigenvalue weighted by Crippen LogP contribution is -2.44. The average Bonchev–Trinajstić information content (AvgIpc) is 2.44. The molecule has 0 amide bonds. The zero-order valence-electron chi connectivity index (χ0n) is 12.1. The van der Waals surface area contributed by atoms with Crippen LogP contribution in [0.4, 0.5) is 4.39 Å². The van der Waals surface area contributed by atoms with Crippen molar-refractivity contribution in [1.29, 1.82) is 0 Å². The first-order chi connectivity index (χ1) is 10.2. The molecule has 0 heterocycles. The summed E-state index contributed by atoms with van der Waals surface area (Å²) >= 11 is 0. The Kier molecular flexibility index (Phi) is 4.48. The van der Waals surface area contributed by atoms with Crippen LogP contribution >= 0.6 is 0 Å². The molecule has 118 valence electrons. The SMILES string of the molecule is CC(C)[C@H](NS(=O)(=O)c1ccc2ccccc2c1F)C(=O)O. The van der Waals surface area contributed by atoms with Crippen LogP contribution in [0.2, 0.25) is 0 Å². The van der Waals surface area contributed by atoms with Crippen molar-refractivity contribution < 1.29 is 22.7 Å². The average molecular weight is 325 g/mol. The molecule has 2 N–H and O–H groups in total. The van der Waals surface area contributed by atoms with Crippen molar-refractivity contribution in [2.24, 2.45) is 5.92 Å². The number of sulfonamides is 1. The number of halogens is 1. The molecule has 0 bridgehead atoms. The fraction of sp³-hybridized carbons (Fsp3) is 0.267. The Balaban J connectivity index is 2.50. The van der Waals surface area contributed by atoms with Crippen LogP contribution in [0.1, 0.15) is 13.8 Å². The molecule has 0 saturated carbocycles. The summed E-state index contributed by atoms with van der Waals surface area (Å²) in [7, 11) is -4.28. The topological polar surface area (TPSA) is 83.5 Å². The predicted octanol–water partition coefficient (Wildman–Crippen LogP) is 2.37. The number of carboxylic acids is 1. The number of benzene rings is 2. The monoisotopic (exact) mass is 325 g/mol. The van der Waals surface area contributed by atoms with Crippen LogP contribution in [0.25, 0.3) is 10.8 Å². The van der Waals surface area contributed by atoms with Gasteiger partial charge in [0.15, 0.2) is 5.82 Å². The number of aliphatic carboxylic acids is 1. The second-order valence-corrected chi connectivity index (χ2v) is 6.96. The molecule has 0 fully saturated rings. The molecule has 2 rings (SSSR count). The number of fused-ring (bicyclic) bond motifs is 1. The Hall–Kier alpha value is -1.99. The first kappa shape index (κ1) is 16.4. The number of carbonyl (C=O) groups is 1. The molecular weight excluding hydrogens is 309 g/mol. The molecule has 2 aromatic rings. The molecular formula is C15H16FNO4S. The van der Waals surface area contributed by atoms with Crippen molar-refractivity contribution in [3.63, 3.8) is 0 Å². The van der Waals surface area contributed by atoms with Gasteiger partial charge in [-0.1, -0.05) is 44.2 Å². The molecule has 0 aliphatic heterocycles. The highest BCUT2D eigenvalue weighted by atomic mass is 32.2. The van der Waals surface area contributed by atoms with Crippen LogP contribution in [-0.4, -0.2) is 25.5 Å². The second kappa shape index (κ2) is 6.02. The molecule has 0 spiro atoms. The van der Waals surface area contributed by atoms with Crippen molar-refractivity contribution in [2.75, 3.05) is 0 Å². The molecule has 1 atom stereocenters. The number of rotatable bonds is 5. The van der Waals surface area contributed by atoms with Crippen LogP contribution in [-0.2, 0) is 14.8 Å². The van der Waals surface area contributed by atoms with E-state index in [1.54, 1.807) is 32.0 Å². The summed E-state index contributed by atoms with van der Waals surface area (Å²) < 4.78 is 41.1. The Morgan fingerprint density at radius 1 is 1.18 bits per heavy atom. The van der Waals surface area contributed by atoms with Crippen molar-refractivity contribution >= 4 is 26.8 Å². The molecule has 0 unspecified atom stereocenters. The Morgan fingerprint density at radius 3 is 2.41 bits per heavy atom. The number of hydrogen-bond donors (Lipinski definition) is 2. The van der Waals surface area contributed by atoms with E-state index >= 15 is 0 Å². The van der Waals surface area contributed by atoms with Gasteiger partial charge < -0.3 is 5.11 Å². The predicted molar refractivity (Wildman–Crippen MR) is 80.5 cm³/mol. The van der Waals surface area contributed by atoms with Gasteiger partial charge >= 0.3 is 5.97 Å². The zero-order valence-corrected chi connectivity index (χ0v) is 12.9. The van der Waals surface area contributed by atoms with Crippen molar-refractivity contribution in [1.82, 2.24) is 4.72 Å². The van der Waals surface area contributed by atoms with Crippen molar-refractivity contribution in [2.45, 2.75) is 24.8 Å². The summed E-state index contributed by atoms with van der Waals surface area (Å²) in [4.78, 5) is 10.6. The van der Waals surface area contributed by atoms with E-state index in [1.807, 2.05) is 4.72 Å². The highest BCUT2D eigenvalue weighted by Crippen LogP contribution is 2.24. The molecule has 22 heavy (non-hydrogen) atoms. The summed E-state index contributed by atoms with van der Waals surface area (Å²) in [6, 6.07) is 7.75. The Bertz CT molecular complexity index is 817. The molecule has 0 radical (unpaired) electrons. The zero-order chi connectivity index (χ0) is 16.5. The maximum Gasteiger partial charge on any atom is 0.322 e. The number of hydrogen-bond acceptors (Lipinski definition) is 3. The third-order valence-corrected chi connectivity index (χ3v) is 4.79. The van der Waals surface area contributed by atoms with Crippen LogP contribution in [0.15, 0.2) is 41.3 Å². The minimum atomic E-state index is -4.28. The quantitative estimate of drug-likeness (QED) is 0.884. The van der Waals surface area contributed by atoms with E-state index < -0.39 is 38.7 Å². The molecule has 2 aromatic carbocycles.